The number of hydrogen-bond acceptors (Lipinski definition) is 11. The fourth-order valence-electron chi connectivity index (χ4n) is 6.36. The molecular formula is C39H51F3N4O9. The number of alkyl halides is 3. The van der Waals surface area contributed by atoms with Gasteiger partial charge in [-0.25, -0.2) is 9.59 Å². The van der Waals surface area contributed by atoms with E-state index in [9.17, 15) is 27.9 Å². The van der Waals surface area contributed by atoms with Crippen LogP contribution in [0.3, 0.4) is 0 Å². The highest BCUT2D eigenvalue weighted by molar-refractivity contribution is 5.97. The van der Waals surface area contributed by atoms with Crippen molar-refractivity contribution in [1.29, 1.82) is 0 Å². The Morgan fingerprint density at radius 2 is 1.78 bits per heavy atom. The van der Waals surface area contributed by atoms with E-state index in [4.69, 9.17) is 28.8 Å². The van der Waals surface area contributed by atoms with E-state index < -0.39 is 36.1 Å². The van der Waals surface area contributed by atoms with Crippen molar-refractivity contribution >= 4 is 34.3 Å². The van der Waals surface area contributed by atoms with Crippen molar-refractivity contribution in [3.63, 3.8) is 0 Å². The van der Waals surface area contributed by atoms with Crippen molar-refractivity contribution in [1.82, 2.24) is 9.47 Å². The van der Waals surface area contributed by atoms with Gasteiger partial charge in [-0.1, -0.05) is 12.0 Å². The van der Waals surface area contributed by atoms with Gasteiger partial charge in [0.1, 0.15) is 29.2 Å². The van der Waals surface area contributed by atoms with Crippen molar-refractivity contribution in [3.05, 3.63) is 47.7 Å². The number of ether oxygens (including phenoxy) is 5. The maximum atomic E-state index is 14.0. The van der Waals surface area contributed by atoms with Crippen LogP contribution in [0.5, 0.6) is 11.5 Å². The van der Waals surface area contributed by atoms with Crippen LogP contribution in [0.15, 0.2) is 36.4 Å². The largest absolute Gasteiger partial charge is 0.507 e. The monoisotopic (exact) mass is 776 g/mol. The first-order valence-electron chi connectivity index (χ1n) is 17.9. The molecule has 1 amide bonds. The third-order valence-electron chi connectivity index (χ3n) is 8.86. The fourth-order valence-corrected chi connectivity index (χ4v) is 6.36. The normalized spacial score (nSPS) is 16.3. The first-order valence-corrected chi connectivity index (χ1v) is 17.9. The molecule has 2 heterocycles. The molecule has 2 atom stereocenters. The van der Waals surface area contributed by atoms with Crippen LogP contribution in [0.2, 0.25) is 0 Å². The van der Waals surface area contributed by atoms with Crippen LogP contribution < -0.4 is 15.0 Å². The Kier molecular flexibility index (Phi) is 15.1. The summed E-state index contributed by atoms with van der Waals surface area (Å²) in [4.78, 5) is 29.0. The number of phenolic OH excluding ortho intramolecular Hbond substituents is 1. The van der Waals surface area contributed by atoms with E-state index in [2.05, 4.69) is 29.1 Å². The van der Waals surface area contributed by atoms with E-state index in [1.807, 2.05) is 6.07 Å². The van der Waals surface area contributed by atoms with Crippen LogP contribution in [-0.2, 0) is 25.5 Å². The minimum atomic E-state index is -4.57. The SMILES string of the molecule is COC(=O)c1cc(OC)c(N(CC#Cc2cc3c(NC4CCN(C)CC4CCOCCOCCO)cccc3n2CC(F)(F)F)C(=O)OC(C)(C)C)cc1O. The molecule has 55 heavy (non-hydrogen) atoms. The van der Waals surface area contributed by atoms with Crippen LogP contribution in [-0.4, -0.2) is 123 Å². The maximum Gasteiger partial charge on any atom is 0.415 e. The molecule has 1 saturated heterocycles. The van der Waals surface area contributed by atoms with Gasteiger partial charge in [0.15, 0.2) is 0 Å². The molecule has 302 valence electrons. The number of halogens is 3. The lowest BCUT2D eigenvalue weighted by Gasteiger charge is -2.38. The van der Waals surface area contributed by atoms with Gasteiger partial charge in [0.25, 0.3) is 0 Å². The summed E-state index contributed by atoms with van der Waals surface area (Å²) in [5.74, 6) is 4.54. The summed E-state index contributed by atoms with van der Waals surface area (Å²) in [6.45, 7) is 6.45. The number of fused-ring (bicyclic) bond motifs is 1. The number of amides is 1. The Balaban J connectivity index is 1.67. The zero-order chi connectivity index (χ0) is 40.3. The number of methoxy groups -OCH3 is 2. The first kappa shape index (κ1) is 43.0. The molecule has 0 spiro atoms. The quantitative estimate of drug-likeness (QED) is 0.100. The summed E-state index contributed by atoms with van der Waals surface area (Å²) < 4.78 is 70.0. The molecule has 0 aliphatic carbocycles. The van der Waals surface area contributed by atoms with Gasteiger partial charge in [-0.3, -0.25) is 4.90 Å². The number of carbonyl (C=O) groups is 2. The molecule has 1 aromatic heterocycles. The summed E-state index contributed by atoms with van der Waals surface area (Å²) in [5, 5.41) is 23.7. The average Bonchev–Trinajstić information content (AvgIpc) is 3.45. The number of esters is 1. The second kappa shape index (κ2) is 19.3. The molecule has 0 saturated carbocycles. The summed E-state index contributed by atoms with van der Waals surface area (Å²) in [6.07, 6.45) is -3.87. The Labute approximate surface area is 319 Å². The van der Waals surface area contributed by atoms with Gasteiger partial charge in [0, 0.05) is 42.4 Å². The highest BCUT2D eigenvalue weighted by Crippen LogP contribution is 2.37. The number of hydrogen-bond donors (Lipinski definition) is 3. The van der Waals surface area contributed by atoms with E-state index in [-0.39, 0.29) is 54.4 Å². The molecule has 1 fully saturated rings. The second-order valence-electron chi connectivity index (χ2n) is 14.2. The zero-order valence-corrected chi connectivity index (χ0v) is 32.1. The lowest BCUT2D eigenvalue weighted by Crippen LogP contribution is -2.45. The van der Waals surface area contributed by atoms with Gasteiger partial charge in [-0.2, -0.15) is 13.2 Å². The highest BCUT2D eigenvalue weighted by Gasteiger charge is 2.32. The standard InChI is InChI=1S/C39H51F3N4O9/c1-38(2,3)55-37(50)45(33-23-34(48)29(36(49)52-6)22-35(33)51-5)14-8-9-27-21-28-31(10-7-11-32(28)46(27)25-39(40,41)42)43-30-12-15-44(4)24-26(30)13-17-53-19-20-54-18-16-47/h7,10-11,21-23,26,30,43,47-48H,12-20,24-25H2,1-6H3. The Morgan fingerprint density at radius 3 is 2.44 bits per heavy atom. The number of aromatic hydroxyl groups is 1. The number of likely N-dealkylation sites (tertiary alicyclic amines) is 1. The number of piperidine rings is 1. The van der Waals surface area contributed by atoms with Gasteiger partial charge in [0.2, 0.25) is 0 Å². The van der Waals surface area contributed by atoms with E-state index in [0.29, 0.717) is 36.4 Å². The van der Waals surface area contributed by atoms with Crippen LogP contribution in [0.4, 0.5) is 29.3 Å². The molecule has 3 N–H and O–H groups in total. The lowest BCUT2D eigenvalue weighted by atomic mass is 9.89. The molecule has 0 radical (unpaired) electrons. The van der Waals surface area contributed by atoms with Crippen molar-refractivity contribution in [2.45, 2.75) is 58.0 Å². The van der Waals surface area contributed by atoms with Gasteiger partial charge in [-0.05, 0) is 77.2 Å². The number of nitrogens with one attached hydrogen (secondary N) is 1. The molecular weight excluding hydrogens is 725 g/mol. The van der Waals surface area contributed by atoms with Crippen LogP contribution in [0, 0.1) is 17.8 Å². The fraction of sp³-hybridized carbons (Fsp3) is 0.538. The minimum absolute atomic E-state index is 0.00614. The minimum Gasteiger partial charge on any atom is -0.507 e. The summed E-state index contributed by atoms with van der Waals surface area (Å²) in [6, 6.07) is 9.11. The lowest BCUT2D eigenvalue weighted by molar-refractivity contribution is -0.140. The number of rotatable bonds is 15. The van der Waals surface area contributed by atoms with Crippen molar-refractivity contribution in [2.75, 3.05) is 84.2 Å². The molecule has 1 aliphatic heterocycles. The smallest absolute Gasteiger partial charge is 0.415 e. The molecule has 16 heteroatoms. The van der Waals surface area contributed by atoms with Crippen molar-refractivity contribution in [2.24, 2.45) is 5.92 Å². The van der Waals surface area contributed by atoms with Gasteiger partial charge in [0.05, 0.1) is 64.1 Å². The number of anilines is 2. The van der Waals surface area contributed by atoms with Gasteiger partial charge >= 0.3 is 18.2 Å². The molecule has 2 unspecified atom stereocenters. The first-order chi connectivity index (χ1) is 26.0. The van der Waals surface area contributed by atoms with Crippen LogP contribution in [0.25, 0.3) is 10.9 Å². The predicted molar refractivity (Wildman–Crippen MR) is 201 cm³/mol. The van der Waals surface area contributed by atoms with Gasteiger partial charge in [-0.15, -0.1) is 0 Å². The molecule has 13 nitrogen and oxygen atoms in total. The number of carbonyl (C=O) groups excluding carboxylic acids is 2. The van der Waals surface area contributed by atoms with E-state index >= 15 is 0 Å². The number of nitrogens with zero attached hydrogens (tertiary/aromatic N) is 3. The predicted octanol–water partition coefficient (Wildman–Crippen LogP) is 5.65. The number of aliphatic hydroxyl groups is 1. The summed E-state index contributed by atoms with van der Waals surface area (Å²) in [7, 11) is 4.50. The Morgan fingerprint density at radius 1 is 1.05 bits per heavy atom. The zero-order valence-electron chi connectivity index (χ0n) is 32.1. The topological polar surface area (TPSA) is 144 Å². The Bertz CT molecular complexity index is 1830. The third-order valence-corrected chi connectivity index (χ3v) is 8.86. The molecule has 0 bridgehead atoms. The average molecular weight is 777 g/mol. The van der Waals surface area contributed by atoms with Crippen LogP contribution in [0.1, 0.15) is 49.7 Å². The van der Waals surface area contributed by atoms with Crippen LogP contribution >= 0.6 is 0 Å². The van der Waals surface area contributed by atoms with Gasteiger partial charge < -0.3 is 48.7 Å². The summed E-state index contributed by atoms with van der Waals surface area (Å²) >= 11 is 0. The third kappa shape index (κ3) is 12.1. The Hall–Kier alpha value is -4.69. The number of phenols is 1. The van der Waals surface area contributed by atoms with E-state index in [0.717, 1.165) is 48.6 Å². The second-order valence-corrected chi connectivity index (χ2v) is 14.2. The molecule has 2 aromatic carbocycles. The summed E-state index contributed by atoms with van der Waals surface area (Å²) in [5.41, 5.74) is -0.0800. The van der Waals surface area contributed by atoms with Crippen molar-refractivity contribution < 1.29 is 56.7 Å². The number of benzene rings is 2. The maximum absolute atomic E-state index is 14.0. The number of aromatic nitrogens is 1. The van der Waals surface area contributed by atoms with Crippen molar-refractivity contribution in [3.8, 4) is 23.3 Å². The van der Waals surface area contributed by atoms with E-state index in [1.54, 1.807) is 39.0 Å². The molecule has 3 aromatic rings. The van der Waals surface area contributed by atoms with E-state index in [1.165, 1.54) is 13.2 Å². The molecule has 4 rings (SSSR count). The molecule has 1 aliphatic rings. The highest BCUT2D eigenvalue weighted by atomic mass is 19.4. The number of aliphatic hydroxyl groups excluding tert-OH is 1.